The summed E-state index contributed by atoms with van der Waals surface area (Å²) >= 11 is 1.46. The van der Waals surface area contributed by atoms with Crippen LogP contribution in [-0.4, -0.2) is 29.4 Å². The number of nitrogens with zero attached hydrogens (tertiary/aromatic N) is 2. The highest BCUT2D eigenvalue weighted by molar-refractivity contribution is 7.09. The highest BCUT2D eigenvalue weighted by Gasteiger charge is 2.12. The van der Waals surface area contributed by atoms with E-state index in [4.69, 9.17) is 6.42 Å². The van der Waals surface area contributed by atoms with E-state index in [1.165, 1.54) is 16.2 Å². The number of terminal acetylenes is 1. The van der Waals surface area contributed by atoms with Gasteiger partial charge in [0.2, 0.25) is 0 Å². The van der Waals surface area contributed by atoms with Crippen LogP contribution in [0.25, 0.3) is 0 Å². The Balaban J connectivity index is 2.74. The van der Waals surface area contributed by atoms with Gasteiger partial charge < -0.3 is 4.90 Å². The quantitative estimate of drug-likeness (QED) is 0.662. The lowest BCUT2D eigenvalue weighted by atomic mass is 10.4. The topological polar surface area (TPSA) is 33.2 Å². The van der Waals surface area contributed by atoms with Crippen molar-refractivity contribution in [1.82, 2.24) is 9.88 Å². The van der Waals surface area contributed by atoms with Crippen LogP contribution in [0.4, 0.5) is 0 Å². The van der Waals surface area contributed by atoms with E-state index in [9.17, 15) is 4.79 Å². The van der Waals surface area contributed by atoms with Crippen molar-refractivity contribution in [3.63, 3.8) is 0 Å². The lowest BCUT2D eigenvalue weighted by Gasteiger charge is -2.11. The molecule has 0 aromatic carbocycles. The van der Waals surface area contributed by atoms with Crippen molar-refractivity contribution in [1.29, 1.82) is 0 Å². The molecule has 1 aromatic rings. The van der Waals surface area contributed by atoms with Gasteiger partial charge in [-0.1, -0.05) is 5.92 Å². The average molecular weight is 194 g/mol. The number of rotatable bonds is 2. The number of aromatic nitrogens is 1. The summed E-state index contributed by atoms with van der Waals surface area (Å²) in [6, 6.07) is 0. The third-order valence-corrected chi connectivity index (χ3v) is 2.29. The molecule has 0 aliphatic heterocycles. The first-order chi connectivity index (χ1) is 6.15. The largest absolute Gasteiger partial charge is 0.329 e. The maximum absolute atomic E-state index is 11.5. The number of aryl methyl sites for hydroxylation is 1. The monoisotopic (exact) mass is 194 g/mol. The van der Waals surface area contributed by atoms with Crippen molar-refractivity contribution in [3.05, 3.63) is 16.1 Å². The average Bonchev–Trinajstić information content (AvgIpc) is 2.51. The van der Waals surface area contributed by atoms with Gasteiger partial charge in [-0.25, -0.2) is 4.98 Å². The third-order valence-electron chi connectivity index (χ3n) is 1.51. The zero-order chi connectivity index (χ0) is 9.84. The second kappa shape index (κ2) is 4.06. The first kappa shape index (κ1) is 9.75. The highest BCUT2D eigenvalue weighted by atomic mass is 32.1. The molecule has 0 saturated heterocycles. The molecule has 1 amide bonds. The van der Waals surface area contributed by atoms with E-state index >= 15 is 0 Å². The molecule has 13 heavy (non-hydrogen) atoms. The predicted molar refractivity (Wildman–Crippen MR) is 52.6 cm³/mol. The van der Waals surface area contributed by atoms with Crippen molar-refractivity contribution < 1.29 is 4.79 Å². The Morgan fingerprint density at radius 2 is 2.54 bits per heavy atom. The minimum Gasteiger partial charge on any atom is -0.329 e. The molecule has 3 nitrogen and oxygen atoms in total. The van der Waals surface area contributed by atoms with Gasteiger partial charge in [0.1, 0.15) is 5.69 Å². The van der Waals surface area contributed by atoms with Gasteiger partial charge in [0.15, 0.2) is 0 Å². The van der Waals surface area contributed by atoms with E-state index in [0.717, 1.165) is 5.01 Å². The molecule has 0 radical (unpaired) electrons. The van der Waals surface area contributed by atoms with Crippen LogP contribution in [0.15, 0.2) is 5.38 Å². The number of carbonyl (C=O) groups is 1. The first-order valence-electron chi connectivity index (χ1n) is 3.76. The molecule has 0 unspecified atom stereocenters. The van der Waals surface area contributed by atoms with E-state index in [2.05, 4.69) is 10.9 Å². The highest BCUT2D eigenvalue weighted by Crippen LogP contribution is 2.09. The summed E-state index contributed by atoms with van der Waals surface area (Å²) in [6.07, 6.45) is 5.09. The number of hydrogen-bond donors (Lipinski definition) is 0. The van der Waals surface area contributed by atoms with Gasteiger partial charge in [-0.3, -0.25) is 4.79 Å². The molecule has 0 N–H and O–H groups in total. The van der Waals surface area contributed by atoms with E-state index in [1.807, 2.05) is 6.92 Å². The van der Waals surface area contributed by atoms with Crippen LogP contribution in [0, 0.1) is 19.3 Å². The summed E-state index contributed by atoms with van der Waals surface area (Å²) in [6.45, 7) is 2.18. The molecular weight excluding hydrogens is 184 g/mol. The Morgan fingerprint density at radius 1 is 1.85 bits per heavy atom. The number of thiazole rings is 1. The Bertz CT molecular complexity index is 351. The van der Waals surface area contributed by atoms with E-state index in [1.54, 1.807) is 12.4 Å². The molecule has 4 heteroatoms. The van der Waals surface area contributed by atoms with Crippen LogP contribution < -0.4 is 0 Å². The second-order valence-electron chi connectivity index (χ2n) is 2.62. The second-order valence-corrected chi connectivity index (χ2v) is 3.68. The van der Waals surface area contributed by atoms with E-state index in [-0.39, 0.29) is 5.91 Å². The Morgan fingerprint density at radius 3 is 3.00 bits per heavy atom. The maximum atomic E-state index is 11.5. The molecule has 0 atom stereocenters. The molecule has 68 valence electrons. The van der Waals surface area contributed by atoms with E-state index in [0.29, 0.717) is 12.2 Å². The van der Waals surface area contributed by atoms with Crippen LogP contribution in [0.2, 0.25) is 0 Å². The number of amides is 1. The van der Waals surface area contributed by atoms with E-state index < -0.39 is 0 Å². The molecule has 1 heterocycles. The first-order valence-corrected chi connectivity index (χ1v) is 4.64. The van der Waals surface area contributed by atoms with Gasteiger partial charge in [0, 0.05) is 12.4 Å². The standard InChI is InChI=1S/C9H10N2OS/c1-4-5-11(3)9(12)8-6-13-7(2)10-8/h1,6H,5H2,2-3H3. The number of hydrogen-bond acceptors (Lipinski definition) is 3. The maximum Gasteiger partial charge on any atom is 0.273 e. The summed E-state index contributed by atoms with van der Waals surface area (Å²) in [4.78, 5) is 17.1. The van der Waals surface area contributed by atoms with Crippen molar-refractivity contribution in [2.75, 3.05) is 13.6 Å². The molecule has 0 aliphatic carbocycles. The molecule has 0 bridgehead atoms. The normalized spacial score (nSPS) is 9.31. The van der Waals surface area contributed by atoms with Gasteiger partial charge in [0.25, 0.3) is 5.91 Å². The fraction of sp³-hybridized carbons (Fsp3) is 0.333. The Labute approximate surface area is 81.4 Å². The summed E-state index contributed by atoms with van der Waals surface area (Å²) in [5.41, 5.74) is 0.472. The summed E-state index contributed by atoms with van der Waals surface area (Å²) in [7, 11) is 1.66. The lowest BCUT2D eigenvalue weighted by molar-refractivity contribution is 0.0807. The Hall–Kier alpha value is -1.34. The number of carbonyl (C=O) groups excluding carboxylic acids is 1. The van der Waals surface area contributed by atoms with Gasteiger partial charge in [0.05, 0.1) is 11.6 Å². The van der Waals surface area contributed by atoms with Gasteiger partial charge in [-0.15, -0.1) is 17.8 Å². The van der Waals surface area contributed by atoms with Gasteiger partial charge in [-0.05, 0) is 6.92 Å². The molecule has 0 saturated carbocycles. The third kappa shape index (κ3) is 2.30. The fourth-order valence-corrected chi connectivity index (χ4v) is 1.45. The molecular formula is C9H10N2OS. The van der Waals surface area contributed by atoms with Crippen molar-refractivity contribution in [2.45, 2.75) is 6.92 Å². The summed E-state index contributed by atoms with van der Waals surface area (Å²) < 4.78 is 0. The smallest absolute Gasteiger partial charge is 0.273 e. The summed E-state index contributed by atoms with van der Waals surface area (Å²) in [5.74, 6) is 2.28. The predicted octanol–water partition coefficient (Wildman–Crippen LogP) is 1.16. The molecule has 0 spiro atoms. The van der Waals surface area contributed by atoms with Crippen LogP contribution in [-0.2, 0) is 0 Å². The van der Waals surface area contributed by atoms with Crippen LogP contribution in [0.1, 0.15) is 15.5 Å². The minimum absolute atomic E-state index is 0.123. The summed E-state index contributed by atoms with van der Waals surface area (Å²) in [5, 5.41) is 2.63. The SMILES string of the molecule is C#CCN(C)C(=O)c1csc(C)n1. The van der Waals surface area contributed by atoms with Gasteiger partial charge >= 0.3 is 0 Å². The fourth-order valence-electron chi connectivity index (χ4n) is 0.866. The van der Waals surface area contributed by atoms with Crippen molar-refractivity contribution in [2.24, 2.45) is 0 Å². The molecule has 0 aliphatic rings. The van der Waals surface area contributed by atoms with Crippen LogP contribution >= 0.6 is 11.3 Å². The van der Waals surface area contributed by atoms with Gasteiger partial charge in [-0.2, -0.15) is 0 Å². The van der Waals surface area contributed by atoms with Crippen molar-refractivity contribution in [3.8, 4) is 12.3 Å². The minimum atomic E-state index is -0.123. The Kier molecular flexibility index (Phi) is 3.04. The van der Waals surface area contributed by atoms with Crippen molar-refractivity contribution >= 4 is 17.2 Å². The zero-order valence-electron chi connectivity index (χ0n) is 7.57. The molecule has 0 fully saturated rings. The lowest BCUT2D eigenvalue weighted by Crippen LogP contribution is -2.27. The van der Waals surface area contributed by atoms with Crippen LogP contribution in [0.5, 0.6) is 0 Å². The van der Waals surface area contributed by atoms with Crippen LogP contribution in [0.3, 0.4) is 0 Å². The molecule has 1 rings (SSSR count). The molecule has 1 aromatic heterocycles. The zero-order valence-corrected chi connectivity index (χ0v) is 8.39.